The van der Waals surface area contributed by atoms with Crippen LogP contribution in [-0.2, 0) is 9.59 Å². The molecular weight excluding hydrogens is 446 g/mol. The summed E-state index contributed by atoms with van der Waals surface area (Å²) in [6.45, 7) is -1.28. The SMILES string of the molecule is COc1ccc(NC(=O)N[C@@H](CO)C(=O)NCC(=O)NC(=O)c2ccc(NC(=N)N)cc2)cc1. The summed E-state index contributed by atoms with van der Waals surface area (Å²) in [5, 5.41) is 28.2. The van der Waals surface area contributed by atoms with Crippen LogP contribution in [0.5, 0.6) is 5.75 Å². The van der Waals surface area contributed by atoms with E-state index in [4.69, 9.17) is 15.9 Å². The third-order valence-electron chi connectivity index (χ3n) is 4.25. The number of rotatable bonds is 9. The molecule has 34 heavy (non-hydrogen) atoms. The lowest BCUT2D eigenvalue weighted by atomic mass is 10.2. The summed E-state index contributed by atoms with van der Waals surface area (Å²) >= 11 is 0. The topological polar surface area (TPSA) is 208 Å². The van der Waals surface area contributed by atoms with Gasteiger partial charge in [0.15, 0.2) is 5.96 Å². The Kier molecular flexibility index (Phi) is 9.34. The fourth-order valence-corrected chi connectivity index (χ4v) is 2.59. The van der Waals surface area contributed by atoms with Crippen molar-refractivity contribution in [1.82, 2.24) is 16.0 Å². The first-order chi connectivity index (χ1) is 16.2. The normalized spacial score (nSPS) is 10.9. The molecule has 2 rings (SSSR count). The van der Waals surface area contributed by atoms with E-state index >= 15 is 0 Å². The molecular formula is C21H25N7O6. The molecule has 1 atom stereocenters. The third kappa shape index (κ3) is 8.12. The lowest BCUT2D eigenvalue weighted by molar-refractivity contribution is -0.127. The van der Waals surface area contributed by atoms with Crippen molar-refractivity contribution in [2.75, 3.05) is 30.9 Å². The van der Waals surface area contributed by atoms with Crippen molar-refractivity contribution in [3.8, 4) is 5.75 Å². The summed E-state index contributed by atoms with van der Waals surface area (Å²) in [5.41, 5.74) is 6.30. The van der Waals surface area contributed by atoms with Gasteiger partial charge < -0.3 is 36.8 Å². The highest BCUT2D eigenvalue weighted by Gasteiger charge is 2.21. The van der Waals surface area contributed by atoms with E-state index in [-0.39, 0.29) is 11.5 Å². The molecule has 0 heterocycles. The van der Waals surface area contributed by atoms with E-state index in [1.165, 1.54) is 31.4 Å². The van der Waals surface area contributed by atoms with Gasteiger partial charge in [0.1, 0.15) is 11.8 Å². The molecule has 0 bridgehead atoms. The Morgan fingerprint density at radius 2 is 1.59 bits per heavy atom. The molecule has 13 nitrogen and oxygen atoms in total. The van der Waals surface area contributed by atoms with Gasteiger partial charge in [-0.25, -0.2) is 4.79 Å². The number of ether oxygens (including phenoxy) is 1. The van der Waals surface area contributed by atoms with Crippen molar-refractivity contribution in [3.63, 3.8) is 0 Å². The van der Waals surface area contributed by atoms with Crippen LogP contribution in [0.15, 0.2) is 48.5 Å². The number of guanidine groups is 1. The van der Waals surface area contributed by atoms with E-state index in [1.807, 2.05) is 0 Å². The van der Waals surface area contributed by atoms with E-state index < -0.39 is 42.9 Å². The minimum absolute atomic E-state index is 0.166. The Balaban J connectivity index is 1.80. The number of aliphatic hydroxyl groups is 1. The van der Waals surface area contributed by atoms with Crippen LogP contribution >= 0.6 is 0 Å². The zero-order chi connectivity index (χ0) is 25.1. The zero-order valence-corrected chi connectivity index (χ0v) is 18.2. The number of amides is 5. The second-order valence-corrected chi connectivity index (χ2v) is 6.77. The van der Waals surface area contributed by atoms with E-state index in [2.05, 4.69) is 26.6 Å². The molecule has 5 amide bonds. The Morgan fingerprint density at radius 1 is 1.00 bits per heavy atom. The van der Waals surface area contributed by atoms with E-state index in [9.17, 15) is 24.3 Å². The van der Waals surface area contributed by atoms with Crippen molar-refractivity contribution in [1.29, 1.82) is 5.41 Å². The van der Waals surface area contributed by atoms with Crippen molar-refractivity contribution < 1.29 is 29.0 Å². The lowest BCUT2D eigenvalue weighted by Gasteiger charge is -2.16. The van der Waals surface area contributed by atoms with Crippen LogP contribution < -0.4 is 37.1 Å². The molecule has 2 aromatic rings. The number of nitrogens with two attached hydrogens (primary N) is 1. The van der Waals surface area contributed by atoms with Gasteiger partial charge >= 0.3 is 6.03 Å². The highest BCUT2D eigenvalue weighted by Crippen LogP contribution is 2.14. The number of aliphatic hydroxyl groups excluding tert-OH is 1. The summed E-state index contributed by atoms with van der Waals surface area (Å²) in [4.78, 5) is 48.4. The summed E-state index contributed by atoms with van der Waals surface area (Å²) in [6.07, 6.45) is 0. The fourth-order valence-electron chi connectivity index (χ4n) is 2.59. The number of hydrogen-bond donors (Lipinski definition) is 8. The van der Waals surface area contributed by atoms with Crippen molar-refractivity contribution in [2.45, 2.75) is 6.04 Å². The smallest absolute Gasteiger partial charge is 0.319 e. The van der Waals surface area contributed by atoms with Gasteiger partial charge in [0.05, 0.1) is 20.3 Å². The quantitative estimate of drug-likeness (QED) is 0.177. The average molecular weight is 471 g/mol. The van der Waals surface area contributed by atoms with Crippen LogP contribution in [-0.4, -0.2) is 61.1 Å². The Bertz CT molecular complexity index is 1040. The van der Waals surface area contributed by atoms with Gasteiger partial charge in [0, 0.05) is 16.9 Å². The number of nitrogens with one attached hydrogen (secondary N) is 6. The van der Waals surface area contributed by atoms with Crippen molar-refractivity contribution in [2.24, 2.45) is 5.73 Å². The molecule has 0 aliphatic heterocycles. The third-order valence-corrected chi connectivity index (χ3v) is 4.25. The molecule has 0 saturated heterocycles. The van der Waals surface area contributed by atoms with Crippen molar-refractivity contribution >= 4 is 41.1 Å². The molecule has 0 radical (unpaired) electrons. The van der Waals surface area contributed by atoms with Crippen LogP contribution in [0, 0.1) is 5.41 Å². The zero-order valence-electron chi connectivity index (χ0n) is 18.2. The maximum atomic E-state index is 12.2. The van der Waals surface area contributed by atoms with E-state index in [0.717, 1.165) is 0 Å². The largest absolute Gasteiger partial charge is 0.497 e. The van der Waals surface area contributed by atoms with Gasteiger partial charge in [-0.3, -0.25) is 25.1 Å². The Morgan fingerprint density at radius 3 is 2.15 bits per heavy atom. The maximum Gasteiger partial charge on any atom is 0.319 e. The molecule has 0 saturated carbocycles. The first kappa shape index (κ1) is 25.6. The molecule has 9 N–H and O–H groups in total. The number of urea groups is 1. The van der Waals surface area contributed by atoms with Gasteiger partial charge in [0.2, 0.25) is 11.8 Å². The maximum absolute atomic E-state index is 12.2. The summed E-state index contributed by atoms with van der Waals surface area (Å²) in [6, 6.07) is 10.2. The lowest BCUT2D eigenvalue weighted by Crippen LogP contribution is -2.52. The second kappa shape index (κ2) is 12.4. The number of carbonyl (C=O) groups is 4. The van der Waals surface area contributed by atoms with Crippen LogP contribution in [0.3, 0.4) is 0 Å². The van der Waals surface area contributed by atoms with Crippen LogP contribution in [0.2, 0.25) is 0 Å². The Labute approximate surface area is 194 Å². The number of methoxy groups -OCH3 is 1. The van der Waals surface area contributed by atoms with Gasteiger partial charge in [-0.1, -0.05) is 0 Å². The molecule has 2 aromatic carbocycles. The summed E-state index contributed by atoms with van der Waals surface area (Å²) in [5.74, 6) is -2.00. The second-order valence-electron chi connectivity index (χ2n) is 6.77. The van der Waals surface area contributed by atoms with Crippen LogP contribution in [0.1, 0.15) is 10.4 Å². The van der Waals surface area contributed by atoms with E-state index in [0.29, 0.717) is 17.1 Å². The predicted octanol–water partition coefficient (Wildman–Crippen LogP) is -0.444. The van der Waals surface area contributed by atoms with Gasteiger partial charge in [-0.15, -0.1) is 0 Å². The molecule has 0 aliphatic rings. The first-order valence-corrected chi connectivity index (χ1v) is 9.87. The molecule has 13 heteroatoms. The summed E-state index contributed by atoms with van der Waals surface area (Å²) < 4.78 is 5.02. The minimum Gasteiger partial charge on any atom is -0.497 e. The Hall–Kier alpha value is -4.65. The molecule has 0 aromatic heterocycles. The molecule has 0 fully saturated rings. The number of imide groups is 1. The highest BCUT2D eigenvalue weighted by atomic mass is 16.5. The van der Waals surface area contributed by atoms with Gasteiger partial charge in [-0.2, -0.15) is 0 Å². The van der Waals surface area contributed by atoms with Gasteiger partial charge in [-0.05, 0) is 48.5 Å². The summed E-state index contributed by atoms with van der Waals surface area (Å²) in [7, 11) is 1.50. The molecule has 0 aliphatic carbocycles. The highest BCUT2D eigenvalue weighted by molar-refractivity contribution is 6.06. The molecule has 180 valence electrons. The minimum atomic E-state index is -1.33. The van der Waals surface area contributed by atoms with Crippen LogP contribution in [0.25, 0.3) is 0 Å². The predicted molar refractivity (Wildman–Crippen MR) is 123 cm³/mol. The number of hydrogen-bond acceptors (Lipinski definition) is 7. The number of carbonyl (C=O) groups excluding carboxylic acids is 4. The molecule has 0 unspecified atom stereocenters. The fraction of sp³-hybridized carbons (Fsp3) is 0.190. The van der Waals surface area contributed by atoms with Gasteiger partial charge in [0.25, 0.3) is 5.91 Å². The number of benzene rings is 2. The average Bonchev–Trinajstić information content (AvgIpc) is 2.81. The van der Waals surface area contributed by atoms with E-state index in [1.54, 1.807) is 24.3 Å². The monoisotopic (exact) mass is 471 g/mol. The molecule has 0 spiro atoms. The standard InChI is InChI=1S/C21H25N7O6/c1-34-15-8-6-14(7-9-15)26-21(33)27-16(11-29)19(32)24-10-17(30)28-18(31)12-2-4-13(5-3-12)25-20(22)23/h2-9,16,29H,10-11H2,1H3,(H,24,32)(H4,22,23,25)(H2,26,27,33)(H,28,30,31)/t16-/m0/s1. The van der Waals surface area contributed by atoms with Crippen LogP contribution in [0.4, 0.5) is 16.2 Å². The van der Waals surface area contributed by atoms with Crippen molar-refractivity contribution in [3.05, 3.63) is 54.1 Å². The number of anilines is 2. The first-order valence-electron chi connectivity index (χ1n) is 9.87.